The van der Waals surface area contributed by atoms with Gasteiger partial charge in [-0.3, -0.25) is 4.79 Å². The van der Waals surface area contributed by atoms with Gasteiger partial charge in [0.05, 0.1) is 12.0 Å². The van der Waals surface area contributed by atoms with Gasteiger partial charge >= 0.3 is 0 Å². The second-order valence-electron chi connectivity index (χ2n) is 6.60. The molecule has 0 saturated carbocycles. The number of aryl methyl sites for hydroxylation is 1. The first kappa shape index (κ1) is 14.4. The van der Waals surface area contributed by atoms with E-state index >= 15 is 0 Å². The Morgan fingerprint density at radius 3 is 2.96 bits per heavy atom. The van der Waals surface area contributed by atoms with Crippen LogP contribution < -0.4 is 0 Å². The number of fused-ring (bicyclic) bond motifs is 1. The summed E-state index contributed by atoms with van der Waals surface area (Å²) in [6.45, 7) is 1.61. The van der Waals surface area contributed by atoms with Crippen molar-refractivity contribution in [1.29, 1.82) is 0 Å². The second-order valence-corrected chi connectivity index (χ2v) is 6.60. The molecule has 1 saturated heterocycles. The average Bonchev–Trinajstić information content (AvgIpc) is 3.15. The van der Waals surface area contributed by atoms with Crippen LogP contribution in [-0.4, -0.2) is 38.7 Å². The van der Waals surface area contributed by atoms with Crippen LogP contribution in [0.3, 0.4) is 0 Å². The maximum atomic E-state index is 13.1. The summed E-state index contributed by atoms with van der Waals surface area (Å²) in [5.74, 6) is 0.330. The molecular weight excluding hydrogens is 288 g/mol. The molecule has 2 heterocycles. The number of likely N-dealkylation sites (tertiary alicyclic amines) is 1. The topological polar surface area (TPSA) is 51.0 Å². The van der Waals surface area contributed by atoms with Gasteiger partial charge in [0.15, 0.2) is 0 Å². The molecule has 1 fully saturated rings. The zero-order valence-corrected chi connectivity index (χ0v) is 13.3. The van der Waals surface area contributed by atoms with Gasteiger partial charge in [-0.1, -0.05) is 24.3 Å². The standard InChI is InChI=1S/C18H22N4O/c23-18(17-9-3-6-14-5-1-2-8-16(14)17)21-10-4-7-15(11-21)22-13-19-12-20-22/h1-2,5,8,12-13,15,17H,3-4,6-7,9-11H2/t15-,17-/m1/s1. The fraction of sp³-hybridized carbons (Fsp3) is 0.500. The Morgan fingerprint density at radius 1 is 1.17 bits per heavy atom. The molecule has 2 atom stereocenters. The minimum atomic E-state index is 0.0365. The van der Waals surface area contributed by atoms with Crippen molar-refractivity contribution in [1.82, 2.24) is 19.7 Å². The molecule has 0 spiro atoms. The highest BCUT2D eigenvalue weighted by atomic mass is 16.2. The van der Waals surface area contributed by atoms with Gasteiger partial charge in [-0.2, -0.15) is 5.10 Å². The summed E-state index contributed by atoms with van der Waals surface area (Å²) in [6, 6.07) is 8.69. The van der Waals surface area contributed by atoms with E-state index in [1.54, 1.807) is 12.7 Å². The van der Waals surface area contributed by atoms with Gasteiger partial charge < -0.3 is 4.90 Å². The molecule has 2 aromatic rings. The quantitative estimate of drug-likeness (QED) is 0.856. The van der Waals surface area contributed by atoms with Gasteiger partial charge in [-0.15, -0.1) is 0 Å². The number of carbonyl (C=O) groups excluding carboxylic acids is 1. The van der Waals surface area contributed by atoms with E-state index in [1.165, 1.54) is 11.1 Å². The highest BCUT2D eigenvalue weighted by Crippen LogP contribution is 2.34. The Kier molecular flexibility index (Phi) is 3.85. The van der Waals surface area contributed by atoms with E-state index in [2.05, 4.69) is 34.3 Å². The third kappa shape index (κ3) is 2.76. The number of hydrogen-bond acceptors (Lipinski definition) is 3. The lowest BCUT2D eigenvalue weighted by atomic mass is 9.82. The van der Waals surface area contributed by atoms with Crippen LogP contribution in [0.1, 0.15) is 48.8 Å². The van der Waals surface area contributed by atoms with Gasteiger partial charge in [-0.25, -0.2) is 9.67 Å². The van der Waals surface area contributed by atoms with Crippen molar-refractivity contribution in [2.45, 2.75) is 44.1 Å². The van der Waals surface area contributed by atoms with E-state index in [1.807, 2.05) is 9.58 Å². The normalized spacial score (nSPS) is 24.3. The van der Waals surface area contributed by atoms with E-state index in [9.17, 15) is 4.79 Å². The van der Waals surface area contributed by atoms with Crippen LogP contribution >= 0.6 is 0 Å². The number of piperidine rings is 1. The molecule has 1 aromatic heterocycles. The lowest BCUT2D eigenvalue weighted by molar-refractivity contribution is -0.134. The van der Waals surface area contributed by atoms with Crippen molar-refractivity contribution < 1.29 is 4.79 Å². The van der Waals surface area contributed by atoms with Crippen LogP contribution in [0, 0.1) is 0 Å². The summed E-state index contributed by atoms with van der Waals surface area (Å²) in [7, 11) is 0. The van der Waals surface area contributed by atoms with Gasteiger partial charge in [0.2, 0.25) is 5.91 Å². The lowest BCUT2D eigenvalue weighted by Crippen LogP contribution is -2.43. The van der Waals surface area contributed by atoms with Gasteiger partial charge in [-0.05, 0) is 43.2 Å². The van der Waals surface area contributed by atoms with Crippen LogP contribution in [0.2, 0.25) is 0 Å². The maximum absolute atomic E-state index is 13.1. The zero-order valence-electron chi connectivity index (χ0n) is 13.3. The largest absolute Gasteiger partial charge is 0.340 e. The van der Waals surface area contributed by atoms with Crippen molar-refractivity contribution in [2.75, 3.05) is 13.1 Å². The van der Waals surface area contributed by atoms with Gasteiger partial charge in [0, 0.05) is 13.1 Å². The summed E-state index contributed by atoms with van der Waals surface area (Å²) in [6.07, 6.45) is 8.60. The van der Waals surface area contributed by atoms with E-state index in [0.717, 1.165) is 45.2 Å². The van der Waals surface area contributed by atoms with E-state index in [0.29, 0.717) is 5.91 Å². The monoisotopic (exact) mass is 310 g/mol. The Balaban J connectivity index is 1.53. The minimum absolute atomic E-state index is 0.0365. The predicted molar refractivity (Wildman–Crippen MR) is 87.0 cm³/mol. The molecule has 2 aliphatic rings. The van der Waals surface area contributed by atoms with Crippen LogP contribution in [-0.2, 0) is 11.2 Å². The molecule has 1 aliphatic carbocycles. The molecule has 5 nitrogen and oxygen atoms in total. The third-order valence-electron chi connectivity index (χ3n) is 5.19. The molecule has 1 aliphatic heterocycles. The summed E-state index contributed by atoms with van der Waals surface area (Å²) < 4.78 is 1.90. The van der Waals surface area contributed by atoms with E-state index in [4.69, 9.17) is 0 Å². The second kappa shape index (κ2) is 6.14. The van der Waals surface area contributed by atoms with E-state index in [-0.39, 0.29) is 12.0 Å². The molecule has 120 valence electrons. The number of nitrogens with zero attached hydrogens (tertiary/aromatic N) is 4. The molecule has 0 radical (unpaired) electrons. The number of rotatable bonds is 2. The molecule has 23 heavy (non-hydrogen) atoms. The van der Waals surface area contributed by atoms with Gasteiger partial charge in [0.1, 0.15) is 12.7 Å². The fourth-order valence-corrected chi connectivity index (χ4v) is 4.01. The van der Waals surface area contributed by atoms with Crippen LogP contribution in [0.15, 0.2) is 36.9 Å². The number of hydrogen-bond donors (Lipinski definition) is 0. The lowest BCUT2D eigenvalue weighted by Gasteiger charge is -2.36. The summed E-state index contributed by atoms with van der Waals surface area (Å²) >= 11 is 0. The minimum Gasteiger partial charge on any atom is -0.340 e. The van der Waals surface area contributed by atoms with Crippen molar-refractivity contribution in [2.24, 2.45) is 0 Å². The third-order valence-corrected chi connectivity index (χ3v) is 5.19. The van der Waals surface area contributed by atoms with E-state index < -0.39 is 0 Å². The molecule has 0 bridgehead atoms. The summed E-state index contributed by atoms with van der Waals surface area (Å²) in [5.41, 5.74) is 2.59. The summed E-state index contributed by atoms with van der Waals surface area (Å²) in [4.78, 5) is 19.2. The first-order valence-corrected chi connectivity index (χ1v) is 8.53. The molecule has 1 amide bonds. The summed E-state index contributed by atoms with van der Waals surface area (Å²) in [5, 5.41) is 4.25. The Bertz CT molecular complexity index is 682. The fourth-order valence-electron chi connectivity index (χ4n) is 4.01. The number of aromatic nitrogens is 3. The Hall–Kier alpha value is -2.17. The van der Waals surface area contributed by atoms with Crippen molar-refractivity contribution >= 4 is 5.91 Å². The molecule has 0 N–H and O–H groups in total. The predicted octanol–water partition coefficient (Wildman–Crippen LogP) is 2.56. The molecule has 1 aromatic carbocycles. The van der Waals surface area contributed by atoms with Crippen LogP contribution in [0.25, 0.3) is 0 Å². The molecular formula is C18H22N4O. The highest BCUT2D eigenvalue weighted by Gasteiger charge is 2.32. The molecule has 0 unspecified atom stereocenters. The smallest absolute Gasteiger partial charge is 0.230 e. The zero-order chi connectivity index (χ0) is 15.6. The maximum Gasteiger partial charge on any atom is 0.230 e. The van der Waals surface area contributed by atoms with Crippen molar-refractivity contribution in [3.05, 3.63) is 48.0 Å². The van der Waals surface area contributed by atoms with Crippen molar-refractivity contribution in [3.63, 3.8) is 0 Å². The SMILES string of the molecule is O=C([C@@H]1CCCc2ccccc21)N1CCC[C@@H](n2cncn2)C1. The molecule has 5 heteroatoms. The number of benzene rings is 1. The van der Waals surface area contributed by atoms with Crippen LogP contribution in [0.4, 0.5) is 0 Å². The first-order valence-electron chi connectivity index (χ1n) is 8.53. The number of carbonyl (C=O) groups is 1. The Morgan fingerprint density at radius 2 is 2.09 bits per heavy atom. The first-order chi connectivity index (χ1) is 11.3. The molecule has 4 rings (SSSR count). The van der Waals surface area contributed by atoms with Crippen LogP contribution in [0.5, 0.6) is 0 Å². The number of amides is 1. The van der Waals surface area contributed by atoms with Gasteiger partial charge in [0.25, 0.3) is 0 Å². The average molecular weight is 310 g/mol. The van der Waals surface area contributed by atoms with Crippen molar-refractivity contribution in [3.8, 4) is 0 Å². The Labute approximate surface area is 136 Å². The highest BCUT2D eigenvalue weighted by molar-refractivity contribution is 5.84.